The largest absolute Gasteiger partial charge is 0.494 e. The molecule has 0 saturated heterocycles. The summed E-state index contributed by atoms with van der Waals surface area (Å²) in [5, 5.41) is 9.30. The van der Waals surface area contributed by atoms with Crippen molar-refractivity contribution >= 4 is 11.4 Å². The second kappa shape index (κ2) is 4.37. The van der Waals surface area contributed by atoms with Crippen LogP contribution in [-0.2, 0) is 11.3 Å². The van der Waals surface area contributed by atoms with E-state index in [1.165, 1.54) is 0 Å². The van der Waals surface area contributed by atoms with E-state index in [4.69, 9.17) is 4.74 Å². The van der Waals surface area contributed by atoms with E-state index in [2.05, 4.69) is 11.6 Å². The predicted octanol–water partition coefficient (Wildman–Crippen LogP) is 1.83. The van der Waals surface area contributed by atoms with Crippen LogP contribution in [0, 0.1) is 0 Å². The Hall–Kier alpha value is -1.81. The van der Waals surface area contributed by atoms with Crippen molar-refractivity contribution in [2.75, 3.05) is 6.61 Å². The summed E-state index contributed by atoms with van der Waals surface area (Å²) in [5.74, 6) is 0.571. The van der Waals surface area contributed by atoms with Gasteiger partial charge in [0.2, 0.25) is 0 Å². The normalized spacial score (nSPS) is 10.6. The van der Waals surface area contributed by atoms with E-state index in [9.17, 15) is 5.11 Å². The summed E-state index contributed by atoms with van der Waals surface area (Å²) >= 11 is 0. The van der Waals surface area contributed by atoms with Crippen LogP contribution < -0.4 is 0 Å². The van der Waals surface area contributed by atoms with E-state index >= 15 is 0 Å². The highest BCUT2D eigenvalue weighted by Crippen LogP contribution is 2.20. The number of imidazole rings is 1. The van der Waals surface area contributed by atoms with Gasteiger partial charge < -0.3 is 14.2 Å². The van der Waals surface area contributed by atoms with Gasteiger partial charge in [-0.1, -0.05) is 6.58 Å². The summed E-state index contributed by atoms with van der Waals surface area (Å²) in [6.45, 7) is 6.26. The third-order valence-electron chi connectivity index (χ3n) is 2.41. The number of pyridine rings is 1. The van der Waals surface area contributed by atoms with Gasteiger partial charge in [0.1, 0.15) is 11.4 Å². The van der Waals surface area contributed by atoms with Gasteiger partial charge in [0, 0.05) is 24.2 Å². The van der Waals surface area contributed by atoms with E-state index in [1.54, 1.807) is 6.20 Å². The molecule has 4 nitrogen and oxygen atoms in total. The fourth-order valence-electron chi connectivity index (χ4n) is 1.63. The average Bonchev–Trinajstić information content (AvgIpc) is 2.74. The molecule has 2 aromatic rings. The van der Waals surface area contributed by atoms with Crippen molar-refractivity contribution in [3.63, 3.8) is 0 Å². The van der Waals surface area contributed by atoms with E-state index in [0.717, 1.165) is 16.8 Å². The quantitative estimate of drug-likeness (QED) is 0.796. The Labute approximate surface area is 93.8 Å². The highest BCUT2D eigenvalue weighted by atomic mass is 16.5. The topological polar surface area (TPSA) is 46.8 Å². The molecule has 16 heavy (non-hydrogen) atoms. The lowest BCUT2D eigenvalue weighted by molar-refractivity contribution is 0.276. The smallest absolute Gasteiger partial charge is 0.137 e. The second-order valence-corrected chi connectivity index (χ2v) is 3.42. The maximum Gasteiger partial charge on any atom is 0.137 e. The number of fused-ring (bicyclic) bond motifs is 1. The SMILES string of the molecule is C=C(OCC)c1cn2ccnc2cc1CO. The molecular formula is C12H14N2O2. The third kappa shape index (κ3) is 1.79. The molecule has 0 aliphatic rings. The number of hydrogen-bond donors (Lipinski definition) is 1. The van der Waals surface area contributed by atoms with E-state index < -0.39 is 0 Å². The Morgan fingerprint density at radius 3 is 3.12 bits per heavy atom. The number of aliphatic hydroxyl groups is 1. The van der Waals surface area contributed by atoms with Crippen LogP contribution in [0.5, 0.6) is 0 Å². The maximum absolute atomic E-state index is 9.30. The molecule has 0 aromatic carbocycles. The zero-order chi connectivity index (χ0) is 11.5. The second-order valence-electron chi connectivity index (χ2n) is 3.42. The summed E-state index contributed by atoms with van der Waals surface area (Å²) in [6.07, 6.45) is 5.43. The van der Waals surface area contributed by atoms with Gasteiger partial charge in [-0.2, -0.15) is 0 Å². The standard InChI is InChI=1S/C12H14N2O2/c1-3-16-9(2)11-7-14-5-4-13-12(14)6-10(11)8-15/h4-7,15H,2-3,8H2,1H3. The minimum absolute atomic E-state index is 0.0508. The first-order valence-electron chi connectivity index (χ1n) is 5.14. The summed E-state index contributed by atoms with van der Waals surface area (Å²) < 4.78 is 7.23. The molecule has 0 fully saturated rings. The highest BCUT2D eigenvalue weighted by Gasteiger charge is 2.08. The van der Waals surface area contributed by atoms with E-state index in [1.807, 2.05) is 29.8 Å². The molecule has 0 bridgehead atoms. The number of aliphatic hydroxyl groups excluding tert-OH is 1. The van der Waals surface area contributed by atoms with Gasteiger partial charge in [-0.25, -0.2) is 4.98 Å². The molecule has 2 aromatic heterocycles. The highest BCUT2D eigenvalue weighted by molar-refractivity contribution is 5.63. The molecule has 2 heterocycles. The molecular weight excluding hydrogens is 204 g/mol. The van der Waals surface area contributed by atoms with Crippen LogP contribution in [0.25, 0.3) is 11.4 Å². The van der Waals surface area contributed by atoms with Crippen LogP contribution >= 0.6 is 0 Å². The summed E-state index contributed by atoms with van der Waals surface area (Å²) in [7, 11) is 0. The maximum atomic E-state index is 9.30. The lowest BCUT2D eigenvalue weighted by Gasteiger charge is -2.11. The molecule has 0 amide bonds. The molecule has 1 N–H and O–H groups in total. The van der Waals surface area contributed by atoms with Crippen LogP contribution in [0.4, 0.5) is 0 Å². The number of hydrogen-bond acceptors (Lipinski definition) is 3. The molecule has 0 saturated carbocycles. The van der Waals surface area contributed by atoms with Crippen LogP contribution in [0.15, 0.2) is 31.2 Å². The minimum atomic E-state index is -0.0508. The Bertz CT molecular complexity index is 517. The Morgan fingerprint density at radius 2 is 2.44 bits per heavy atom. The first kappa shape index (κ1) is 10.7. The van der Waals surface area contributed by atoms with Gasteiger partial charge in [0.15, 0.2) is 0 Å². The lowest BCUT2D eigenvalue weighted by atomic mass is 10.1. The number of ether oxygens (including phenoxy) is 1. The van der Waals surface area contributed by atoms with Crippen molar-refractivity contribution in [2.45, 2.75) is 13.5 Å². The minimum Gasteiger partial charge on any atom is -0.494 e. The molecule has 0 aliphatic carbocycles. The molecule has 0 spiro atoms. The third-order valence-corrected chi connectivity index (χ3v) is 2.41. The number of nitrogens with zero attached hydrogens (tertiary/aromatic N) is 2. The van der Waals surface area contributed by atoms with Crippen molar-refractivity contribution < 1.29 is 9.84 Å². The number of rotatable bonds is 4. The summed E-state index contributed by atoms with van der Waals surface area (Å²) in [6, 6.07) is 1.83. The van der Waals surface area contributed by atoms with E-state index in [-0.39, 0.29) is 6.61 Å². The number of aromatic nitrogens is 2. The molecule has 84 valence electrons. The monoisotopic (exact) mass is 218 g/mol. The molecule has 0 radical (unpaired) electrons. The van der Waals surface area contributed by atoms with Crippen molar-refractivity contribution in [1.29, 1.82) is 0 Å². The van der Waals surface area contributed by atoms with Gasteiger partial charge in [0.05, 0.1) is 13.2 Å². The summed E-state index contributed by atoms with van der Waals surface area (Å²) in [4.78, 5) is 4.16. The van der Waals surface area contributed by atoms with Crippen LogP contribution in [0.1, 0.15) is 18.1 Å². The lowest BCUT2D eigenvalue weighted by Crippen LogP contribution is -1.99. The Balaban J connectivity index is 2.52. The fourth-order valence-corrected chi connectivity index (χ4v) is 1.63. The van der Waals surface area contributed by atoms with Crippen LogP contribution in [0.3, 0.4) is 0 Å². The van der Waals surface area contributed by atoms with Crippen LogP contribution in [-0.4, -0.2) is 21.1 Å². The molecule has 0 unspecified atom stereocenters. The first-order chi connectivity index (χ1) is 7.76. The van der Waals surface area contributed by atoms with Gasteiger partial charge in [-0.05, 0) is 18.6 Å². The molecule has 2 rings (SSSR count). The van der Waals surface area contributed by atoms with Gasteiger partial charge in [-0.3, -0.25) is 0 Å². The molecule has 0 atom stereocenters. The van der Waals surface area contributed by atoms with Crippen LogP contribution in [0.2, 0.25) is 0 Å². The van der Waals surface area contributed by atoms with Gasteiger partial charge in [0.25, 0.3) is 0 Å². The van der Waals surface area contributed by atoms with Gasteiger partial charge >= 0.3 is 0 Å². The zero-order valence-corrected chi connectivity index (χ0v) is 9.18. The predicted molar refractivity (Wildman–Crippen MR) is 61.8 cm³/mol. The van der Waals surface area contributed by atoms with Crippen molar-refractivity contribution in [3.05, 3.63) is 42.4 Å². The van der Waals surface area contributed by atoms with Crippen molar-refractivity contribution in [1.82, 2.24) is 9.38 Å². The molecule has 4 heteroatoms. The van der Waals surface area contributed by atoms with Crippen molar-refractivity contribution in [2.24, 2.45) is 0 Å². The first-order valence-corrected chi connectivity index (χ1v) is 5.14. The van der Waals surface area contributed by atoms with Gasteiger partial charge in [-0.15, -0.1) is 0 Å². The fraction of sp³-hybridized carbons (Fsp3) is 0.250. The Kier molecular flexibility index (Phi) is 2.92. The zero-order valence-electron chi connectivity index (χ0n) is 9.18. The Morgan fingerprint density at radius 1 is 1.62 bits per heavy atom. The average molecular weight is 218 g/mol. The van der Waals surface area contributed by atoms with E-state index in [0.29, 0.717) is 12.4 Å². The van der Waals surface area contributed by atoms with Crippen molar-refractivity contribution in [3.8, 4) is 0 Å². The molecule has 0 aliphatic heterocycles. The summed E-state index contributed by atoms with van der Waals surface area (Å²) in [5.41, 5.74) is 2.39.